The average Bonchev–Trinajstić information content (AvgIpc) is 2.94. The van der Waals surface area contributed by atoms with Gasteiger partial charge < -0.3 is 9.88 Å². The molecular weight excluding hydrogens is 216 g/mol. The van der Waals surface area contributed by atoms with Crippen molar-refractivity contribution < 1.29 is 0 Å². The first-order chi connectivity index (χ1) is 7.83. The molecule has 0 amide bonds. The van der Waals surface area contributed by atoms with Gasteiger partial charge in [0.2, 0.25) is 0 Å². The largest absolute Gasteiger partial charge is 0.351 e. The van der Waals surface area contributed by atoms with Crippen LogP contribution in [-0.4, -0.2) is 22.1 Å². The Labute approximate surface area is 103 Å². The summed E-state index contributed by atoms with van der Waals surface area (Å²) in [5.41, 5.74) is 1.41. The van der Waals surface area contributed by atoms with Crippen molar-refractivity contribution in [2.24, 2.45) is 0 Å². The van der Waals surface area contributed by atoms with Crippen LogP contribution in [-0.2, 0) is 13.1 Å². The maximum absolute atomic E-state index is 3.69. The minimum atomic E-state index is 0.734. The predicted octanol–water partition coefficient (Wildman–Crippen LogP) is 2.88. The third-order valence-corrected chi connectivity index (χ3v) is 4.65. The average molecular weight is 238 g/mol. The molecule has 0 aromatic carbocycles. The third-order valence-electron chi connectivity index (χ3n) is 3.55. The summed E-state index contributed by atoms with van der Waals surface area (Å²) in [6, 6.07) is 5.09. The fraction of sp³-hybridized carbons (Fsp3) is 0.692. The van der Waals surface area contributed by atoms with E-state index in [1.807, 2.05) is 11.8 Å². The molecule has 1 fully saturated rings. The molecule has 1 aromatic heterocycles. The molecule has 2 unspecified atom stereocenters. The van der Waals surface area contributed by atoms with Gasteiger partial charge in [-0.25, -0.2) is 0 Å². The van der Waals surface area contributed by atoms with E-state index in [1.54, 1.807) is 0 Å². The summed E-state index contributed by atoms with van der Waals surface area (Å²) in [5.74, 6) is 0. The number of hydrogen-bond donors (Lipinski definition) is 1. The standard InChI is InChI=1S/C13H22N2S/c1-3-15-8-4-5-12(15)10-14-11-6-7-13(9-11)16-2/h4-5,8,11,13-14H,3,6-7,9-10H2,1-2H3. The molecule has 1 aliphatic rings. The molecule has 1 aromatic rings. The minimum Gasteiger partial charge on any atom is -0.351 e. The van der Waals surface area contributed by atoms with Crippen LogP contribution in [0.4, 0.5) is 0 Å². The summed E-state index contributed by atoms with van der Waals surface area (Å²) in [5, 5.41) is 4.57. The second-order valence-corrected chi connectivity index (χ2v) is 5.67. The van der Waals surface area contributed by atoms with Crippen LogP contribution in [0, 0.1) is 0 Å². The van der Waals surface area contributed by atoms with Gasteiger partial charge in [-0.15, -0.1) is 0 Å². The highest BCUT2D eigenvalue weighted by Crippen LogP contribution is 2.28. The lowest BCUT2D eigenvalue weighted by Crippen LogP contribution is -2.27. The third kappa shape index (κ3) is 2.83. The number of nitrogens with zero attached hydrogens (tertiary/aromatic N) is 1. The van der Waals surface area contributed by atoms with Gasteiger partial charge in [-0.2, -0.15) is 11.8 Å². The van der Waals surface area contributed by atoms with E-state index in [2.05, 4.69) is 41.4 Å². The molecule has 3 heteroatoms. The number of aryl methyl sites for hydroxylation is 1. The highest BCUT2D eigenvalue weighted by atomic mass is 32.2. The van der Waals surface area contributed by atoms with Crippen molar-refractivity contribution in [1.29, 1.82) is 0 Å². The summed E-state index contributed by atoms with van der Waals surface area (Å²) >= 11 is 2.02. The summed E-state index contributed by atoms with van der Waals surface area (Å²) in [6.07, 6.45) is 8.46. The second kappa shape index (κ2) is 5.78. The second-order valence-electron chi connectivity index (χ2n) is 4.53. The Bertz CT molecular complexity index is 321. The molecule has 1 saturated carbocycles. The molecule has 0 saturated heterocycles. The summed E-state index contributed by atoms with van der Waals surface area (Å²) in [4.78, 5) is 0. The van der Waals surface area contributed by atoms with Crippen molar-refractivity contribution in [3.63, 3.8) is 0 Å². The molecule has 16 heavy (non-hydrogen) atoms. The zero-order valence-corrected chi connectivity index (χ0v) is 11.1. The molecule has 2 rings (SSSR count). The van der Waals surface area contributed by atoms with Crippen LogP contribution in [0.3, 0.4) is 0 Å². The highest BCUT2D eigenvalue weighted by molar-refractivity contribution is 7.99. The van der Waals surface area contributed by atoms with E-state index in [9.17, 15) is 0 Å². The van der Waals surface area contributed by atoms with Crippen molar-refractivity contribution in [3.8, 4) is 0 Å². The molecule has 2 atom stereocenters. The monoisotopic (exact) mass is 238 g/mol. The van der Waals surface area contributed by atoms with Gasteiger partial charge in [-0.3, -0.25) is 0 Å². The number of hydrogen-bond acceptors (Lipinski definition) is 2. The van der Waals surface area contributed by atoms with Gasteiger partial charge in [-0.1, -0.05) is 0 Å². The van der Waals surface area contributed by atoms with Crippen LogP contribution >= 0.6 is 11.8 Å². The smallest absolute Gasteiger partial charge is 0.0361 e. The maximum atomic E-state index is 3.69. The fourth-order valence-corrected chi connectivity index (χ4v) is 3.30. The van der Waals surface area contributed by atoms with Crippen LogP contribution in [0.1, 0.15) is 31.9 Å². The minimum absolute atomic E-state index is 0.734. The molecule has 1 heterocycles. The molecule has 90 valence electrons. The SMILES string of the molecule is CCn1cccc1CNC1CCC(SC)C1. The molecule has 1 aliphatic carbocycles. The van der Waals surface area contributed by atoms with E-state index in [0.29, 0.717) is 0 Å². The van der Waals surface area contributed by atoms with E-state index in [-0.39, 0.29) is 0 Å². The van der Waals surface area contributed by atoms with Crippen molar-refractivity contribution in [2.75, 3.05) is 6.26 Å². The van der Waals surface area contributed by atoms with Gasteiger partial charge in [0, 0.05) is 36.3 Å². The van der Waals surface area contributed by atoms with E-state index in [0.717, 1.165) is 24.4 Å². The van der Waals surface area contributed by atoms with E-state index in [1.165, 1.54) is 25.0 Å². The lowest BCUT2D eigenvalue weighted by atomic mass is 10.2. The van der Waals surface area contributed by atoms with Gasteiger partial charge in [0.05, 0.1) is 0 Å². The Balaban J connectivity index is 1.80. The Kier molecular flexibility index (Phi) is 4.36. The van der Waals surface area contributed by atoms with Gasteiger partial charge in [-0.05, 0) is 44.6 Å². The van der Waals surface area contributed by atoms with Crippen molar-refractivity contribution in [2.45, 2.75) is 50.6 Å². The van der Waals surface area contributed by atoms with Gasteiger partial charge in [0.1, 0.15) is 0 Å². The Hall–Kier alpha value is -0.410. The lowest BCUT2D eigenvalue weighted by Gasteiger charge is -2.14. The first-order valence-corrected chi connectivity index (χ1v) is 7.52. The van der Waals surface area contributed by atoms with Crippen LogP contribution in [0.15, 0.2) is 18.3 Å². The zero-order chi connectivity index (χ0) is 11.4. The number of thioether (sulfide) groups is 1. The first-order valence-electron chi connectivity index (χ1n) is 6.23. The molecule has 0 spiro atoms. The Morgan fingerprint density at radius 3 is 3.06 bits per heavy atom. The fourth-order valence-electron chi connectivity index (χ4n) is 2.51. The number of nitrogens with one attached hydrogen (secondary N) is 1. The molecule has 1 N–H and O–H groups in total. The van der Waals surface area contributed by atoms with Crippen LogP contribution in [0.25, 0.3) is 0 Å². The lowest BCUT2D eigenvalue weighted by molar-refractivity contribution is 0.509. The van der Waals surface area contributed by atoms with E-state index in [4.69, 9.17) is 0 Å². The van der Waals surface area contributed by atoms with Crippen molar-refractivity contribution >= 4 is 11.8 Å². The quantitative estimate of drug-likeness (QED) is 0.849. The topological polar surface area (TPSA) is 17.0 Å². The van der Waals surface area contributed by atoms with Gasteiger partial charge in [0.15, 0.2) is 0 Å². The van der Waals surface area contributed by atoms with Gasteiger partial charge in [0.25, 0.3) is 0 Å². The number of rotatable bonds is 5. The van der Waals surface area contributed by atoms with E-state index < -0.39 is 0 Å². The van der Waals surface area contributed by atoms with Crippen molar-refractivity contribution in [3.05, 3.63) is 24.0 Å². The first kappa shape index (κ1) is 12.1. The van der Waals surface area contributed by atoms with Gasteiger partial charge >= 0.3 is 0 Å². The molecule has 0 bridgehead atoms. The summed E-state index contributed by atoms with van der Waals surface area (Å²) < 4.78 is 2.31. The normalized spacial score (nSPS) is 25.1. The van der Waals surface area contributed by atoms with Crippen molar-refractivity contribution in [1.82, 2.24) is 9.88 Å². The number of aromatic nitrogens is 1. The Morgan fingerprint density at radius 2 is 2.38 bits per heavy atom. The van der Waals surface area contributed by atoms with Crippen LogP contribution in [0.2, 0.25) is 0 Å². The molecule has 0 aliphatic heterocycles. The molecule has 0 radical (unpaired) electrons. The molecule has 2 nitrogen and oxygen atoms in total. The van der Waals surface area contributed by atoms with Crippen LogP contribution in [0.5, 0.6) is 0 Å². The zero-order valence-electron chi connectivity index (χ0n) is 10.3. The van der Waals surface area contributed by atoms with Crippen LogP contribution < -0.4 is 5.32 Å². The van der Waals surface area contributed by atoms with E-state index >= 15 is 0 Å². The predicted molar refractivity (Wildman–Crippen MR) is 71.9 cm³/mol. The summed E-state index contributed by atoms with van der Waals surface area (Å²) in [7, 11) is 0. The molecular formula is C13H22N2S. The summed E-state index contributed by atoms with van der Waals surface area (Å²) in [6.45, 7) is 4.29. The Morgan fingerprint density at radius 1 is 1.50 bits per heavy atom. The highest BCUT2D eigenvalue weighted by Gasteiger charge is 2.23. The maximum Gasteiger partial charge on any atom is 0.0361 e.